The normalized spacial score (nSPS) is 18.9. The van der Waals surface area contributed by atoms with E-state index in [4.69, 9.17) is 4.74 Å². The van der Waals surface area contributed by atoms with Crippen molar-refractivity contribution < 1.29 is 19.4 Å². The van der Waals surface area contributed by atoms with Crippen LogP contribution in [0.15, 0.2) is 28.9 Å². The summed E-state index contributed by atoms with van der Waals surface area (Å²) in [6.45, 7) is 0.548. The lowest BCUT2D eigenvalue weighted by molar-refractivity contribution is -0.143. The first-order valence-corrected chi connectivity index (χ1v) is 8.24. The third kappa shape index (κ3) is 3.56. The van der Waals surface area contributed by atoms with Gasteiger partial charge in [-0.15, -0.1) is 0 Å². The number of ether oxygens (including phenoxy) is 1. The van der Waals surface area contributed by atoms with Crippen LogP contribution in [0.3, 0.4) is 0 Å². The first kappa shape index (κ1) is 16.0. The van der Waals surface area contributed by atoms with Crippen LogP contribution in [-0.4, -0.2) is 40.7 Å². The molecule has 2 atom stereocenters. The van der Waals surface area contributed by atoms with Crippen LogP contribution in [0, 0.1) is 0 Å². The number of H-pyrrole nitrogens is 1. The van der Waals surface area contributed by atoms with E-state index in [1.54, 1.807) is 6.20 Å². The van der Waals surface area contributed by atoms with E-state index in [2.05, 4.69) is 26.2 Å². The van der Waals surface area contributed by atoms with Gasteiger partial charge in [0.15, 0.2) is 0 Å². The summed E-state index contributed by atoms with van der Waals surface area (Å²) in [7, 11) is 0. The maximum Gasteiger partial charge on any atom is 0.326 e. The Morgan fingerprint density at radius 2 is 2.30 bits per heavy atom. The fraction of sp³-hybridized carbons (Fsp3) is 0.375. The molecule has 23 heavy (non-hydrogen) atoms. The average Bonchev–Trinajstić information content (AvgIpc) is 3.16. The van der Waals surface area contributed by atoms with Gasteiger partial charge in [-0.25, -0.2) is 4.79 Å². The molecule has 0 saturated carbocycles. The molecule has 0 radical (unpaired) electrons. The third-order valence-corrected chi connectivity index (χ3v) is 4.48. The Hall–Kier alpha value is -1.86. The molecule has 2 heterocycles. The molecule has 6 nitrogen and oxygen atoms in total. The third-order valence-electron chi connectivity index (χ3n) is 3.99. The molecule has 122 valence electrons. The van der Waals surface area contributed by atoms with E-state index in [9.17, 15) is 14.7 Å². The fourth-order valence-electron chi connectivity index (χ4n) is 2.79. The second kappa shape index (κ2) is 6.72. The molecule has 1 fully saturated rings. The lowest BCUT2D eigenvalue weighted by atomic mass is 10.0. The summed E-state index contributed by atoms with van der Waals surface area (Å²) in [5.41, 5.74) is 1.78. The molecule has 1 aliphatic rings. The molecule has 1 saturated heterocycles. The molecule has 0 unspecified atom stereocenters. The topological polar surface area (TPSA) is 91.4 Å². The number of benzene rings is 1. The molecule has 1 aliphatic heterocycles. The lowest BCUT2D eigenvalue weighted by Gasteiger charge is -2.17. The average molecular weight is 381 g/mol. The number of nitrogens with one attached hydrogen (secondary N) is 2. The van der Waals surface area contributed by atoms with Gasteiger partial charge in [0.1, 0.15) is 12.1 Å². The van der Waals surface area contributed by atoms with Gasteiger partial charge in [0.2, 0.25) is 5.91 Å². The highest BCUT2D eigenvalue weighted by Gasteiger charge is 2.28. The summed E-state index contributed by atoms with van der Waals surface area (Å²) in [5, 5.41) is 12.9. The number of halogens is 1. The number of hydrogen-bond acceptors (Lipinski definition) is 3. The number of aromatic amines is 1. The van der Waals surface area contributed by atoms with Gasteiger partial charge in [-0.3, -0.25) is 4.79 Å². The molecular formula is C16H17BrN2O4. The van der Waals surface area contributed by atoms with Crippen molar-refractivity contribution >= 4 is 38.7 Å². The van der Waals surface area contributed by atoms with Gasteiger partial charge in [-0.2, -0.15) is 0 Å². The maximum atomic E-state index is 12.1. The largest absolute Gasteiger partial charge is 0.480 e. The highest BCUT2D eigenvalue weighted by molar-refractivity contribution is 9.10. The summed E-state index contributed by atoms with van der Waals surface area (Å²) in [6, 6.07) is 4.78. The Morgan fingerprint density at radius 1 is 1.48 bits per heavy atom. The number of rotatable bonds is 5. The van der Waals surface area contributed by atoms with E-state index in [1.807, 2.05) is 18.2 Å². The Morgan fingerprint density at radius 3 is 3.00 bits per heavy atom. The van der Waals surface area contributed by atoms with Crippen molar-refractivity contribution in [3.63, 3.8) is 0 Å². The molecule has 1 aromatic heterocycles. The maximum absolute atomic E-state index is 12.1. The number of carboxylic acids is 1. The minimum absolute atomic E-state index is 0.213. The monoisotopic (exact) mass is 380 g/mol. The van der Waals surface area contributed by atoms with Crippen LogP contribution in [0.4, 0.5) is 0 Å². The van der Waals surface area contributed by atoms with Crippen LogP contribution in [0.5, 0.6) is 0 Å². The smallest absolute Gasteiger partial charge is 0.326 e. The van der Waals surface area contributed by atoms with E-state index in [0.29, 0.717) is 13.0 Å². The summed E-state index contributed by atoms with van der Waals surface area (Å²) in [6.07, 6.45) is 2.92. The summed E-state index contributed by atoms with van der Waals surface area (Å²) in [4.78, 5) is 26.7. The van der Waals surface area contributed by atoms with Crippen LogP contribution in [0.1, 0.15) is 18.4 Å². The standard InChI is InChI=1S/C16H17BrN2O4/c17-10-3-4-12-11(7-10)9(8-18-12)6-13(16(21)22)19-15(20)14-2-1-5-23-14/h3-4,7-8,13-14,18H,1-2,5-6H2,(H,19,20)(H,21,22)/t13-,14+/m0/s1. The van der Waals surface area contributed by atoms with Crippen LogP contribution >= 0.6 is 15.9 Å². The van der Waals surface area contributed by atoms with E-state index < -0.39 is 18.1 Å². The van der Waals surface area contributed by atoms with Crippen LogP contribution < -0.4 is 5.32 Å². The number of fused-ring (bicyclic) bond motifs is 1. The SMILES string of the molecule is O=C(O)[C@H](Cc1c[nH]c2ccc(Br)cc12)NC(=O)[C@H]1CCCO1. The van der Waals surface area contributed by atoms with Crippen LogP contribution in [0.2, 0.25) is 0 Å². The second-order valence-electron chi connectivity index (χ2n) is 5.61. The van der Waals surface area contributed by atoms with Gasteiger partial charge in [-0.05, 0) is 36.6 Å². The molecule has 3 N–H and O–H groups in total. The van der Waals surface area contributed by atoms with Crippen LogP contribution in [-0.2, 0) is 20.7 Å². The molecule has 0 spiro atoms. The molecule has 7 heteroatoms. The Bertz CT molecular complexity index is 737. The van der Waals surface area contributed by atoms with Gasteiger partial charge in [0, 0.05) is 34.6 Å². The Balaban J connectivity index is 1.77. The van der Waals surface area contributed by atoms with Crippen molar-refractivity contribution in [1.29, 1.82) is 0 Å². The molecule has 1 amide bonds. The van der Waals surface area contributed by atoms with Crippen molar-refractivity contribution in [3.8, 4) is 0 Å². The summed E-state index contributed by atoms with van der Waals surface area (Å²) < 4.78 is 6.22. The summed E-state index contributed by atoms with van der Waals surface area (Å²) >= 11 is 3.41. The van der Waals surface area contributed by atoms with Crippen molar-refractivity contribution in [2.24, 2.45) is 0 Å². The van der Waals surface area contributed by atoms with Crippen LogP contribution in [0.25, 0.3) is 10.9 Å². The summed E-state index contributed by atoms with van der Waals surface area (Å²) in [5.74, 6) is -1.41. The Labute approximate surface area is 141 Å². The molecular weight excluding hydrogens is 364 g/mol. The van der Waals surface area contributed by atoms with E-state index in [1.165, 1.54) is 0 Å². The minimum atomic E-state index is -1.05. The van der Waals surface area contributed by atoms with E-state index in [-0.39, 0.29) is 12.3 Å². The fourth-order valence-corrected chi connectivity index (χ4v) is 3.15. The number of carbonyl (C=O) groups is 2. The van der Waals surface area contributed by atoms with E-state index in [0.717, 1.165) is 27.4 Å². The predicted molar refractivity (Wildman–Crippen MR) is 88.2 cm³/mol. The zero-order valence-electron chi connectivity index (χ0n) is 12.3. The second-order valence-corrected chi connectivity index (χ2v) is 6.52. The lowest BCUT2D eigenvalue weighted by Crippen LogP contribution is -2.46. The van der Waals surface area contributed by atoms with Crippen molar-refractivity contribution in [2.45, 2.75) is 31.4 Å². The number of hydrogen-bond donors (Lipinski definition) is 3. The highest BCUT2D eigenvalue weighted by atomic mass is 79.9. The van der Waals surface area contributed by atoms with Gasteiger partial charge in [-0.1, -0.05) is 15.9 Å². The van der Waals surface area contributed by atoms with Gasteiger partial charge in [0.25, 0.3) is 0 Å². The minimum Gasteiger partial charge on any atom is -0.480 e. The molecule has 2 aromatic rings. The first-order chi connectivity index (χ1) is 11.0. The number of aromatic nitrogens is 1. The zero-order chi connectivity index (χ0) is 16.4. The highest BCUT2D eigenvalue weighted by Crippen LogP contribution is 2.24. The number of carboxylic acid groups (broad SMARTS) is 1. The molecule has 0 bridgehead atoms. The predicted octanol–water partition coefficient (Wildman–Crippen LogP) is 2.22. The van der Waals surface area contributed by atoms with E-state index >= 15 is 0 Å². The molecule has 3 rings (SSSR count). The number of amides is 1. The first-order valence-electron chi connectivity index (χ1n) is 7.45. The number of carbonyl (C=O) groups excluding carboxylic acids is 1. The molecule has 0 aliphatic carbocycles. The number of aliphatic carboxylic acids is 1. The Kier molecular flexibility index (Phi) is 4.68. The quantitative estimate of drug-likeness (QED) is 0.741. The molecule has 1 aromatic carbocycles. The van der Waals surface area contributed by atoms with Gasteiger partial charge < -0.3 is 20.1 Å². The zero-order valence-corrected chi connectivity index (χ0v) is 13.9. The van der Waals surface area contributed by atoms with Gasteiger partial charge in [0.05, 0.1) is 0 Å². The van der Waals surface area contributed by atoms with Crippen molar-refractivity contribution in [1.82, 2.24) is 10.3 Å². The van der Waals surface area contributed by atoms with Crippen molar-refractivity contribution in [3.05, 3.63) is 34.4 Å². The van der Waals surface area contributed by atoms with Gasteiger partial charge >= 0.3 is 5.97 Å². The van der Waals surface area contributed by atoms with Crippen molar-refractivity contribution in [2.75, 3.05) is 6.61 Å².